The number of amides is 1. The van der Waals surface area contributed by atoms with Gasteiger partial charge >= 0.3 is 0 Å². The number of imidazole rings is 1. The molecule has 0 saturated carbocycles. The van der Waals surface area contributed by atoms with Crippen LogP contribution in [0.15, 0.2) is 110 Å². The highest BCUT2D eigenvalue weighted by molar-refractivity contribution is 6.40. The van der Waals surface area contributed by atoms with Gasteiger partial charge in [0, 0.05) is 18.0 Å². The van der Waals surface area contributed by atoms with E-state index in [2.05, 4.69) is 39.3 Å². The fourth-order valence-electron chi connectivity index (χ4n) is 6.06. The smallest absolute Gasteiger partial charge is 0.271 e. The lowest BCUT2D eigenvalue weighted by atomic mass is 9.90. The number of hydrogen-bond donors (Lipinski definition) is 2. The standard InChI is InChI=1S/C38H33Cl2N5O4/c1-23-33(20-45-22-43-35(39)36(45)40)48-38(49-34(23)26-14-12-24(21-46)13-15-26)29-9-5-8-28(17-29)27-7-4-6-25(16-27)18-42-37(47)32-19-41-30-10-2-3-11-31(30)44-32/h2-17,19,22-23,33-34,38,46H,18,20-21H2,1H3,(H,42,47)/t23-,33+,34+,38+/m1/s1. The lowest BCUT2D eigenvalue weighted by molar-refractivity contribution is -0.276. The Hall–Kier alpha value is -4.64. The monoisotopic (exact) mass is 693 g/mol. The summed E-state index contributed by atoms with van der Waals surface area (Å²) < 4.78 is 15.1. The number of nitrogens with zero attached hydrogens (tertiary/aromatic N) is 4. The largest absolute Gasteiger partial charge is 0.392 e. The predicted molar refractivity (Wildman–Crippen MR) is 188 cm³/mol. The molecule has 1 aliphatic rings. The van der Waals surface area contributed by atoms with E-state index in [4.69, 9.17) is 32.7 Å². The highest BCUT2D eigenvalue weighted by atomic mass is 35.5. The Labute approximate surface area is 293 Å². The molecule has 1 fully saturated rings. The molecule has 0 radical (unpaired) electrons. The van der Waals surface area contributed by atoms with E-state index in [-0.39, 0.29) is 41.5 Å². The van der Waals surface area contributed by atoms with Crippen molar-refractivity contribution in [2.75, 3.05) is 0 Å². The number of para-hydroxylation sites is 2. The Balaban J connectivity index is 1.11. The Morgan fingerprint density at radius 2 is 1.61 bits per heavy atom. The Morgan fingerprint density at radius 1 is 0.857 bits per heavy atom. The quantitative estimate of drug-likeness (QED) is 0.160. The lowest BCUT2D eigenvalue weighted by Gasteiger charge is -2.41. The maximum atomic E-state index is 12.9. The Bertz CT molecular complexity index is 2100. The van der Waals surface area contributed by atoms with Crippen LogP contribution in [0.25, 0.3) is 22.2 Å². The number of ether oxygens (including phenoxy) is 2. The summed E-state index contributed by atoms with van der Waals surface area (Å²) in [6, 6.07) is 31.3. The molecule has 0 unspecified atom stereocenters. The summed E-state index contributed by atoms with van der Waals surface area (Å²) in [5.41, 5.74) is 7.24. The molecule has 7 rings (SSSR count). The van der Waals surface area contributed by atoms with Gasteiger partial charge in [0.05, 0.1) is 48.9 Å². The normalized spacial score (nSPS) is 19.2. The van der Waals surface area contributed by atoms with Crippen molar-refractivity contribution in [3.8, 4) is 11.1 Å². The van der Waals surface area contributed by atoms with Crippen molar-refractivity contribution in [3.63, 3.8) is 0 Å². The van der Waals surface area contributed by atoms with Crippen LogP contribution in [0.1, 0.15) is 52.1 Å². The van der Waals surface area contributed by atoms with Crippen molar-refractivity contribution < 1.29 is 19.4 Å². The molecule has 0 aliphatic carbocycles. The van der Waals surface area contributed by atoms with Gasteiger partial charge in [-0.3, -0.25) is 9.78 Å². The van der Waals surface area contributed by atoms with Crippen molar-refractivity contribution in [2.24, 2.45) is 5.92 Å². The van der Waals surface area contributed by atoms with E-state index in [1.165, 1.54) is 6.20 Å². The number of benzene rings is 4. The van der Waals surface area contributed by atoms with E-state index >= 15 is 0 Å². The average molecular weight is 695 g/mol. The van der Waals surface area contributed by atoms with Crippen LogP contribution in [0.2, 0.25) is 10.3 Å². The highest BCUT2D eigenvalue weighted by Gasteiger charge is 2.39. The number of aliphatic hydroxyl groups is 1. The predicted octanol–water partition coefficient (Wildman–Crippen LogP) is 7.71. The van der Waals surface area contributed by atoms with Gasteiger partial charge in [-0.25, -0.2) is 9.97 Å². The zero-order valence-electron chi connectivity index (χ0n) is 26.5. The van der Waals surface area contributed by atoms with Gasteiger partial charge in [0.25, 0.3) is 5.91 Å². The van der Waals surface area contributed by atoms with Gasteiger partial charge in [-0.2, -0.15) is 0 Å². The SMILES string of the molecule is C[C@@H]1[C@H](Cn2cnc(Cl)c2Cl)O[C@H](c2cccc(-c3cccc(CNC(=O)c4cnc5ccccc5n4)c3)c2)O[C@@H]1c1ccc(CO)cc1. The minimum absolute atomic E-state index is 0.0326. The molecule has 1 aliphatic heterocycles. The molecule has 2 aromatic heterocycles. The number of carbonyl (C=O) groups excluding carboxylic acids is 1. The van der Waals surface area contributed by atoms with E-state index in [1.807, 2.05) is 84.9 Å². The van der Waals surface area contributed by atoms with E-state index < -0.39 is 6.29 Å². The fourth-order valence-corrected chi connectivity index (χ4v) is 6.37. The molecule has 1 amide bonds. The van der Waals surface area contributed by atoms with E-state index in [0.29, 0.717) is 23.8 Å². The van der Waals surface area contributed by atoms with Gasteiger partial charge in [-0.15, -0.1) is 0 Å². The number of fused-ring (bicyclic) bond motifs is 1. The second kappa shape index (κ2) is 14.5. The second-order valence-electron chi connectivity index (χ2n) is 12.1. The fraction of sp³-hybridized carbons (Fsp3) is 0.211. The van der Waals surface area contributed by atoms with Crippen LogP contribution in [0, 0.1) is 5.92 Å². The molecule has 2 N–H and O–H groups in total. The first kappa shape index (κ1) is 32.9. The van der Waals surface area contributed by atoms with Crippen LogP contribution >= 0.6 is 23.2 Å². The third-order valence-corrected chi connectivity index (χ3v) is 9.56. The maximum Gasteiger partial charge on any atom is 0.271 e. The first-order valence-electron chi connectivity index (χ1n) is 15.9. The van der Waals surface area contributed by atoms with Crippen LogP contribution in [0.5, 0.6) is 0 Å². The molecule has 11 heteroatoms. The first-order valence-corrected chi connectivity index (χ1v) is 16.7. The number of aromatic nitrogens is 4. The number of hydrogen-bond acceptors (Lipinski definition) is 7. The average Bonchev–Trinajstić information content (AvgIpc) is 3.46. The summed E-state index contributed by atoms with van der Waals surface area (Å²) in [6.07, 6.45) is 1.85. The highest BCUT2D eigenvalue weighted by Crippen LogP contribution is 2.43. The number of rotatable bonds is 9. The Kier molecular flexibility index (Phi) is 9.70. The van der Waals surface area contributed by atoms with Gasteiger partial charge < -0.3 is 24.5 Å². The topological polar surface area (TPSA) is 111 Å². The zero-order valence-corrected chi connectivity index (χ0v) is 28.1. The van der Waals surface area contributed by atoms with Gasteiger partial charge in [-0.1, -0.05) is 103 Å². The molecular formula is C38H33Cl2N5O4. The van der Waals surface area contributed by atoms with Crippen LogP contribution in [-0.4, -0.2) is 36.6 Å². The van der Waals surface area contributed by atoms with E-state index in [9.17, 15) is 9.90 Å². The maximum absolute atomic E-state index is 12.9. The van der Waals surface area contributed by atoms with E-state index in [1.54, 1.807) is 10.9 Å². The Morgan fingerprint density at radius 3 is 2.37 bits per heavy atom. The summed E-state index contributed by atoms with van der Waals surface area (Å²) in [4.78, 5) is 25.9. The minimum Gasteiger partial charge on any atom is -0.392 e. The molecule has 6 aromatic rings. The molecule has 0 bridgehead atoms. The third kappa shape index (κ3) is 7.22. The summed E-state index contributed by atoms with van der Waals surface area (Å²) in [7, 11) is 0. The molecular weight excluding hydrogens is 661 g/mol. The first-order chi connectivity index (χ1) is 23.9. The number of aliphatic hydroxyl groups excluding tert-OH is 1. The molecule has 3 heterocycles. The van der Waals surface area contributed by atoms with Crippen molar-refractivity contribution >= 4 is 40.1 Å². The molecule has 4 aromatic carbocycles. The lowest BCUT2D eigenvalue weighted by Crippen LogP contribution is -2.39. The third-order valence-electron chi connectivity index (χ3n) is 8.79. The summed E-state index contributed by atoms with van der Waals surface area (Å²) >= 11 is 12.6. The minimum atomic E-state index is -0.674. The molecule has 248 valence electrons. The molecule has 4 atom stereocenters. The van der Waals surface area contributed by atoms with E-state index in [0.717, 1.165) is 38.9 Å². The molecule has 49 heavy (non-hydrogen) atoms. The van der Waals surface area contributed by atoms with Crippen molar-refractivity contribution in [2.45, 2.75) is 45.1 Å². The number of nitrogens with one attached hydrogen (secondary N) is 1. The van der Waals surface area contributed by atoms with Crippen LogP contribution in [0.3, 0.4) is 0 Å². The molecule has 9 nitrogen and oxygen atoms in total. The van der Waals surface area contributed by atoms with Crippen LogP contribution in [-0.2, 0) is 29.2 Å². The van der Waals surface area contributed by atoms with Crippen molar-refractivity contribution in [1.29, 1.82) is 0 Å². The summed E-state index contributed by atoms with van der Waals surface area (Å²) in [5.74, 6) is -0.343. The van der Waals surface area contributed by atoms with Gasteiger partial charge in [0.2, 0.25) is 0 Å². The van der Waals surface area contributed by atoms with Gasteiger partial charge in [0.1, 0.15) is 10.8 Å². The second-order valence-corrected chi connectivity index (χ2v) is 12.8. The number of halogens is 2. The number of carbonyl (C=O) groups is 1. The van der Waals surface area contributed by atoms with Crippen LogP contribution < -0.4 is 5.32 Å². The molecule has 0 spiro atoms. The van der Waals surface area contributed by atoms with Crippen LogP contribution in [0.4, 0.5) is 0 Å². The van der Waals surface area contributed by atoms with Crippen molar-refractivity contribution in [3.05, 3.63) is 148 Å². The van der Waals surface area contributed by atoms with Gasteiger partial charge in [-0.05, 0) is 52.1 Å². The zero-order chi connectivity index (χ0) is 33.9. The summed E-state index contributed by atoms with van der Waals surface area (Å²) in [5, 5.41) is 13.1. The summed E-state index contributed by atoms with van der Waals surface area (Å²) in [6.45, 7) is 2.82. The van der Waals surface area contributed by atoms with Gasteiger partial charge in [0.15, 0.2) is 11.4 Å². The molecule has 1 saturated heterocycles. The van der Waals surface area contributed by atoms with Crippen molar-refractivity contribution in [1.82, 2.24) is 24.8 Å².